The topological polar surface area (TPSA) is 38.3 Å². The molecule has 0 heterocycles. The van der Waals surface area contributed by atoms with Crippen molar-refractivity contribution in [3.05, 3.63) is 41.6 Å². The number of benzene rings is 1. The molecule has 86 valence electrons. The fraction of sp³-hybridized carbons (Fsp3) is 0.250. The molecule has 0 aliphatic carbocycles. The Morgan fingerprint density at radius 2 is 2.06 bits per heavy atom. The van der Waals surface area contributed by atoms with Crippen LogP contribution in [-0.4, -0.2) is 21.8 Å². The lowest BCUT2D eigenvalue weighted by molar-refractivity contribution is 0.180. The second-order valence-corrected chi connectivity index (χ2v) is 5.09. The highest BCUT2D eigenvalue weighted by molar-refractivity contribution is 6.42. The van der Waals surface area contributed by atoms with Gasteiger partial charge in [0.15, 0.2) is 0 Å². The largest absolute Gasteiger partial charge is 0.453 e. The number of carbonyl (C=O) groups is 1. The number of para-hydroxylation sites is 1. The van der Waals surface area contributed by atoms with Crippen LogP contribution in [0.15, 0.2) is 41.6 Å². The summed E-state index contributed by atoms with van der Waals surface area (Å²) in [6.45, 7) is 4.11. The van der Waals surface area contributed by atoms with Crippen molar-refractivity contribution < 1.29 is 9.53 Å². The number of nitrogens with one attached hydrogen (secondary N) is 1. The Labute approximate surface area is 98.3 Å². The number of allylic oxidation sites excluding steroid dienone is 1. The van der Waals surface area contributed by atoms with E-state index in [1.807, 2.05) is 30.3 Å². The van der Waals surface area contributed by atoms with Crippen molar-refractivity contribution in [1.82, 2.24) is 0 Å². The second kappa shape index (κ2) is 6.84. The van der Waals surface area contributed by atoms with Gasteiger partial charge in [-0.1, -0.05) is 29.5 Å². The van der Waals surface area contributed by atoms with Crippen LogP contribution in [0.1, 0.15) is 13.8 Å². The highest BCUT2D eigenvalue weighted by Gasteiger charge is 2.00. The lowest BCUT2D eigenvalue weighted by Crippen LogP contribution is -2.16. The Hall–Kier alpha value is -1.55. The van der Waals surface area contributed by atoms with E-state index in [2.05, 4.69) is 24.9 Å². The maximum atomic E-state index is 11.3. The van der Waals surface area contributed by atoms with Gasteiger partial charge in [0.1, 0.15) is 0 Å². The highest BCUT2D eigenvalue weighted by atomic mass is 28.2. The van der Waals surface area contributed by atoms with E-state index in [4.69, 9.17) is 4.74 Å². The quantitative estimate of drug-likeness (QED) is 0.642. The van der Waals surface area contributed by atoms with Gasteiger partial charge < -0.3 is 4.74 Å². The number of anilines is 1. The van der Waals surface area contributed by atoms with Crippen molar-refractivity contribution in [3.63, 3.8) is 0 Å². The van der Waals surface area contributed by atoms with Gasteiger partial charge in [0.25, 0.3) is 0 Å². The minimum atomic E-state index is -0.413. The van der Waals surface area contributed by atoms with Crippen molar-refractivity contribution in [3.8, 4) is 0 Å². The van der Waals surface area contributed by atoms with Crippen LogP contribution in [0.3, 0.4) is 0 Å². The summed E-state index contributed by atoms with van der Waals surface area (Å²) >= 11 is 0. The van der Waals surface area contributed by atoms with E-state index >= 15 is 0 Å². The molecule has 1 aromatic rings. The van der Waals surface area contributed by atoms with Crippen molar-refractivity contribution in [2.45, 2.75) is 13.8 Å². The third-order valence-electron chi connectivity index (χ3n) is 1.92. The summed E-state index contributed by atoms with van der Waals surface area (Å²) in [5, 5.41) is 2.67. The molecule has 1 N–H and O–H groups in total. The lowest BCUT2D eigenvalue weighted by atomic mass is 10.3. The molecule has 0 bridgehead atoms. The van der Waals surface area contributed by atoms with E-state index in [-0.39, 0.29) is 6.09 Å². The minimum absolute atomic E-state index is 0.374. The molecule has 0 saturated heterocycles. The molecule has 1 aromatic carbocycles. The first-order valence-electron chi connectivity index (χ1n) is 5.30. The molecule has 3 nitrogen and oxygen atoms in total. The van der Waals surface area contributed by atoms with Crippen LogP contribution in [0.25, 0.3) is 0 Å². The minimum Gasteiger partial charge on any atom is -0.453 e. The number of hydrogen-bond donors (Lipinski definition) is 1. The molecule has 0 aliphatic rings. The zero-order valence-electron chi connectivity index (χ0n) is 9.69. The van der Waals surface area contributed by atoms with Crippen LogP contribution in [0, 0.1) is 0 Å². The third kappa shape index (κ3) is 5.36. The van der Waals surface area contributed by atoms with Crippen molar-refractivity contribution >= 4 is 21.3 Å². The summed E-state index contributed by atoms with van der Waals surface area (Å²) in [5.41, 5.74) is 4.23. The van der Waals surface area contributed by atoms with E-state index in [0.717, 1.165) is 5.69 Å². The summed E-state index contributed by atoms with van der Waals surface area (Å²) in [6.07, 6.45) is 0.171. The molecule has 0 fully saturated rings. The molecule has 16 heavy (non-hydrogen) atoms. The van der Waals surface area contributed by atoms with Crippen LogP contribution >= 0.6 is 0 Å². The Bertz CT molecular complexity index is 359. The summed E-state index contributed by atoms with van der Waals surface area (Å²) in [7, 11) is -0.413. The Kier molecular flexibility index (Phi) is 5.35. The molecule has 0 aliphatic heterocycles. The van der Waals surface area contributed by atoms with Gasteiger partial charge in [0.05, 0.1) is 15.7 Å². The predicted octanol–water partition coefficient (Wildman–Crippen LogP) is 2.29. The number of rotatable bonds is 4. The highest BCUT2D eigenvalue weighted by Crippen LogP contribution is 2.04. The molecule has 1 rings (SSSR count). The Morgan fingerprint density at radius 3 is 2.69 bits per heavy atom. The molecule has 0 unspecified atom stereocenters. The standard InChI is InChI=1S/C12H17NO2Si/c1-10(2)8-16-9-15-12(14)13-11-6-4-3-5-7-11/h3-8H,9,16H2,1-2H3,(H,13,14). The molecular formula is C12H17NO2Si. The number of ether oxygens (including phenoxy) is 1. The zero-order chi connectivity index (χ0) is 11.8. The van der Waals surface area contributed by atoms with Crippen molar-refractivity contribution in [2.24, 2.45) is 0 Å². The van der Waals surface area contributed by atoms with Gasteiger partial charge in [0, 0.05) is 5.69 Å². The average Bonchev–Trinajstić information content (AvgIpc) is 2.25. The van der Waals surface area contributed by atoms with Gasteiger partial charge in [-0.15, -0.1) is 0 Å². The van der Waals surface area contributed by atoms with Gasteiger partial charge >= 0.3 is 6.09 Å². The molecule has 0 saturated carbocycles. The maximum absolute atomic E-state index is 11.3. The molecule has 0 aromatic heterocycles. The Morgan fingerprint density at radius 1 is 1.38 bits per heavy atom. The second-order valence-electron chi connectivity index (χ2n) is 3.70. The fourth-order valence-electron chi connectivity index (χ4n) is 1.17. The summed E-state index contributed by atoms with van der Waals surface area (Å²) in [6, 6.07) is 9.29. The van der Waals surface area contributed by atoms with Crippen LogP contribution in [0.5, 0.6) is 0 Å². The average molecular weight is 235 g/mol. The van der Waals surface area contributed by atoms with Crippen LogP contribution < -0.4 is 5.32 Å². The summed E-state index contributed by atoms with van der Waals surface area (Å²) < 4.78 is 5.06. The van der Waals surface area contributed by atoms with Crippen LogP contribution in [0.2, 0.25) is 0 Å². The zero-order valence-corrected chi connectivity index (χ0v) is 11.1. The number of amides is 1. The van der Waals surface area contributed by atoms with Crippen LogP contribution in [-0.2, 0) is 4.74 Å². The van der Waals surface area contributed by atoms with E-state index in [1.54, 1.807) is 0 Å². The first-order valence-corrected chi connectivity index (χ1v) is 7.12. The van der Waals surface area contributed by atoms with E-state index in [1.165, 1.54) is 5.57 Å². The molecule has 4 heteroatoms. The van der Waals surface area contributed by atoms with Gasteiger partial charge in [-0.05, 0) is 26.0 Å². The Balaban J connectivity index is 2.24. The predicted molar refractivity (Wildman–Crippen MR) is 69.4 cm³/mol. The van der Waals surface area contributed by atoms with Crippen molar-refractivity contribution in [1.29, 1.82) is 0 Å². The number of hydrogen-bond acceptors (Lipinski definition) is 2. The third-order valence-corrected chi connectivity index (χ3v) is 3.47. The van der Waals surface area contributed by atoms with E-state index in [0.29, 0.717) is 6.23 Å². The normalized spacial score (nSPS) is 10.1. The van der Waals surface area contributed by atoms with Gasteiger partial charge in [-0.3, -0.25) is 5.32 Å². The summed E-state index contributed by atoms with van der Waals surface area (Å²) in [5.74, 6) is 0. The molecule has 1 amide bonds. The fourth-order valence-corrected chi connectivity index (χ4v) is 2.17. The SMILES string of the molecule is CC(C)=C[SiH2]COC(=O)Nc1ccccc1. The van der Waals surface area contributed by atoms with E-state index in [9.17, 15) is 4.79 Å². The number of carbonyl (C=O) groups excluding carboxylic acids is 1. The molecule has 0 spiro atoms. The lowest BCUT2D eigenvalue weighted by Gasteiger charge is -2.05. The van der Waals surface area contributed by atoms with Gasteiger partial charge in [-0.2, -0.15) is 0 Å². The maximum Gasteiger partial charge on any atom is 0.411 e. The smallest absolute Gasteiger partial charge is 0.411 e. The van der Waals surface area contributed by atoms with Crippen LogP contribution in [0.4, 0.5) is 10.5 Å². The molecular weight excluding hydrogens is 218 g/mol. The first-order chi connectivity index (χ1) is 7.68. The van der Waals surface area contributed by atoms with E-state index < -0.39 is 9.52 Å². The molecule has 0 atom stereocenters. The monoisotopic (exact) mass is 235 g/mol. The van der Waals surface area contributed by atoms with Gasteiger partial charge in [0.2, 0.25) is 0 Å². The first kappa shape index (κ1) is 12.5. The summed E-state index contributed by atoms with van der Waals surface area (Å²) in [4.78, 5) is 11.3. The van der Waals surface area contributed by atoms with Crippen molar-refractivity contribution in [2.75, 3.05) is 11.5 Å². The molecule has 0 radical (unpaired) electrons. The van der Waals surface area contributed by atoms with Gasteiger partial charge in [-0.25, -0.2) is 4.79 Å².